The van der Waals surface area contributed by atoms with E-state index in [1.807, 2.05) is 0 Å². The molecular weight excluding hydrogens is 237 g/mol. The van der Waals surface area contributed by atoms with Gasteiger partial charge in [-0.2, -0.15) is 0 Å². The molecule has 0 amide bonds. The summed E-state index contributed by atoms with van der Waals surface area (Å²) in [6.07, 6.45) is 10.6. The van der Waals surface area contributed by atoms with Crippen molar-refractivity contribution in [3.05, 3.63) is 23.8 Å². The Morgan fingerprint density at radius 3 is 2.11 bits per heavy atom. The van der Waals surface area contributed by atoms with E-state index in [0.717, 1.165) is 6.42 Å². The molecule has 0 aromatic rings. The third kappa shape index (κ3) is 3.45. The van der Waals surface area contributed by atoms with Gasteiger partial charge in [0.1, 0.15) is 0 Å². The van der Waals surface area contributed by atoms with Crippen LogP contribution in [-0.4, -0.2) is 31.1 Å². The first-order valence-corrected chi connectivity index (χ1v) is 10.2. The Kier molecular flexibility index (Phi) is 5.62. The van der Waals surface area contributed by atoms with Crippen LogP contribution in [0.1, 0.15) is 52.4 Å². The molecule has 0 bridgehead atoms. The summed E-state index contributed by atoms with van der Waals surface area (Å²) in [5, 5.41) is 0. The van der Waals surface area contributed by atoms with Gasteiger partial charge < -0.3 is 0 Å². The third-order valence-electron chi connectivity index (χ3n) is 4.71. The molecule has 0 saturated carbocycles. The minimum atomic E-state index is -1.60. The van der Waals surface area contributed by atoms with Crippen LogP contribution in [0.15, 0.2) is 23.8 Å². The van der Waals surface area contributed by atoms with Crippen LogP contribution in [0.3, 0.4) is 0 Å². The molecule has 0 aliphatic carbocycles. The molecule has 106 valence electrons. The van der Waals surface area contributed by atoms with Gasteiger partial charge in [0, 0.05) is 0 Å². The van der Waals surface area contributed by atoms with Crippen molar-refractivity contribution in [3.63, 3.8) is 0 Å². The van der Waals surface area contributed by atoms with Crippen LogP contribution in [0.25, 0.3) is 0 Å². The maximum atomic E-state index is 4.11. The fourth-order valence-corrected chi connectivity index (χ4v) is 7.90. The van der Waals surface area contributed by atoms with E-state index in [9.17, 15) is 0 Å². The molecule has 0 spiro atoms. The van der Waals surface area contributed by atoms with E-state index in [0.29, 0.717) is 0 Å². The Labute approximate surface area is 114 Å². The van der Waals surface area contributed by atoms with E-state index >= 15 is 0 Å². The molecule has 1 nitrogen and oxygen atoms in total. The summed E-state index contributed by atoms with van der Waals surface area (Å²) >= 11 is 0. The second-order valence-corrected chi connectivity index (χ2v) is 11.6. The number of nitrogens with zero attached hydrogens (tertiary/aromatic N) is 1. The molecule has 1 aliphatic heterocycles. The fraction of sp³-hybridized carbons (Fsp3) is 0.750. The molecule has 0 unspecified atom stereocenters. The monoisotopic (exact) mass is 269 g/mol. The van der Waals surface area contributed by atoms with Gasteiger partial charge in [-0.1, -0.05) is 0 Å². The number of hydrogen-bond acceptors (Lipinski definition) is 1. The molecule has 2 heteroatoms. The van der Waals surface area contributed by atoms with E-state index in [4.69, 9.17) is 0 Å². The maximum absolute atomic E-state index is 4.11. The van der Waals surface area contributed by atoms with Gasteiger partial charge in [0.25, 0.3) is 0 Å². The van der Waals surface area contributed by atoms with Crippen molar-refractivity contribution in [2.75, 3.05) is 26.4 Å². The third-order valence-corrected chi connectivity index (χ3v) is 10.9. The molecule has 0 saturated heterocycles. The Bertz CT molecular complexity index is 311. The van der Waals surface area contributed by atoms with Crippen LogP contribution < -0.4 is 0 Å². The molecule has 0 N–H and O–H groups in total. The van der Waals surface area contributed by atoms with Crippen LogP contribution in [0.2, 0.25) is 0 Å². The number of unbranched alkanes of at least 4 members (excludes halogenated alkanes) is 2. The van der Waals surface area contributed by atoms with Crippen molar-refractivity contribution < 1.29 is 0 Å². The van der Waals surface area contributed by atoms with Crippen molar-refractivity contribution in [2.45, 2.75) is 52.4 Å². The molecule has 0 atom stereocenters. The van der Waals surface area contributed by atoms with Gasteiger partial charge in [-0.05, 0) is 0 Å². The summed E-state index contributed by atoms with van der Waals surface area (Å²) in [6.45, 7) is 7.02. The zero-order valence-electron chi connectivity index (χ0n) is 12.9. The zero-order valence-corrected chi connectivity index (χ0v) is 13.8. The van der Waals surface area contributed by atoms with Gasteiger partial charge in [-0.15, -0.1) is 0 Å². The predicted octanol–water partition coefficient (Wildman–Crippen LogP) is 5.44. The normalized spacial score (nSPS) is 21.5. The van der Waals surface area contributed by atoms with E-state index in [2.05, 4.69) is 50.8 Å². The van der Waals surface area contributed by atoms with Crippen LogP contribution >= 0.6 is 6.75 Å². The van der Waals surface area contributed by atoms with Gasteiger partial charge in [0.05, 0.1) is 0 Å². The zero-order chi connectivity index (χ0) is 13.7. The van der Waals surface area contributed by atoms with Gasteiger partial charge in [0.15, 0.2) is 0 Å². The number of allylic oxidation sites excluding steroid dienone is 1. The van der Waals surface area contributed by atoms with Crippen molar-refractivity contribution in [2.24, 2.45) is 0 Å². The predicted molar refractivity (Wildman–Crippen MR) is 87.7 cm³/mol. The van der Waals surface area contributed by atoms with Crippen LogP contribution in [0.5, 0.6) is 0 Å². The average Bonchev–Trinajstić information content (AvgIpc) is 3.10. The second-order valence-electron chi connectivity index (χ2n) is 6.12. The van der Waals surface area contributed by atoms with Gasteiger partial charge in [0.2, 0.25) is 0 Å². The quantitative estimate of drug-likeness (QED) is 0.290. The Hall–Kier alpha value is -0.130. The van der Waals surface area contributed by atoms with E-state index in [1.54, 1.807) is 0 Å². The molecule has 1 rings (SSSR count). The summed E-state index contributed by atoms with van der Waals surface area (Å²) in [5.74, 6) is 5.13. The summed E-state index contributed by atoms with van der Waals surface area (Å²) in [6, 6.07) is 0. The SMILES string of the molecule is C=C(CC)CCCCP1(CCCC)(N(C)C)C=C1. The molecular formula is C16H32NP. The van der Waals surface area contributed by atoms with Gasteiger partial charge in [-0.25, -0.2) is 0 Å². The molecule has 1 heterocycles. The van der Waals surface area contributed by atoms with Crippen molar-refractivity contribution in [1.82, 2.24) is 4.67 Å². The van der Waals surface area contributed by atoms with Crippen molar-refractivity contribution in [1.29, 1.82) is 0 Å². The summed E-state index contributed by atoms with van der Waals surface area (Å²) < 4.78 is 2.57. The second kappa shape index (κ2) is 6.35. The van der Waals surface area contributed by atoms with Crippen LogP contribution in [-0.2, 0) is 0 Å². The molecule has 0 radical (unpaired) electrons. The van der Waals surface area contributed by atoms with Crippen LogP contribution in [0, 0.1) is 0 Å². The van der Waals surface area contributed by atoms with Gasteiger partial charge in [-0.3, -0.25) is 0 Å². The molecule has 0 aromatic heterocycles. The first-order valence-electron chi connectivity index (χ1n) is 7.55. The topological polar surface area (TPSA) is 3.24 Å². The Balaban J connectivity index is 2.42. The standard InChI is InChI=1S/C16H32NP/c1-6-8-12-18(14-15-18,17(4)5)13-10-9-11-16(3)7-2/h14-15H,3,6-13H2,1-2,4-5H3. The summed E-state index contributed by atoms with van der Waals surface area (Å²) in [4.78, 5) is 0. The van der Waals surface area contributed by atoms with E-state index in [1.165, 1.54) is 50.0 Å². The summed E-state index contributed by atoms with van der Waals surface area (Å²) in [7, 11) is 4.58. The molecule has 1 aliphatic rings. The first kappa shape index (κ1) is 15.9. The van der Waals surface area contributed by atoms with Gasteiger partial charge >= 0.3 is 114 Å². The fourth-order valence-electron chi connectivity index (χ4n) is 2.75. The minimum absolute atomic E-state index is 1.14. The number of hydrogen-bond donors (Lipinski definition) is 0. The van der Waals surface area contributed by atoms with E-state index < -0.39 is 6.75 Å². The Morgan fingerprint density at radius 2 is 1.67 bits per heavy atom. The molecule has 18 heavy (non-hydrogen) atoms. The van der Waals surface area contributed by atoms with Crippen LogP contribution in [0.4, 0.5) is 0 Å². The van der Waals surface area contributed by atoms with E-state index in [-0.39, 0.29) is 0 Å². The first-order chi connectivity index (χ1) is 8.49. The van der Waals surface area contributed by atoms with Crippen molar-refractivity contribution >= 4 is 6.75 Å². The number of rotatable bonds is 10. The molecule has 0 fully saturated rings. The van der Waals surface area contributed by atoms with Crippen molar-refractivity contribution in [3.8, 4) is 0 Å². The summed E-state index contributed by atoms with van der Waals surface area (Å²) in [5.41, 5.74) is 1.42. The Morgan fingerprint density at radius 1 is 1.06 bits per heavy atom. The average molecular weight is 269 g/mol. The molecule has 0 aromatic carbocycles.